The second-order valence-electron chi connectivity index (χ2n) is 3.21. The molecule has 4 N–H and O–H groups in total. The van der Waals surface area contributed by atoms with Crippen LogP contribution in [0, 0.1) is 0 Å². The molecule has 2 rings (SSSR count). The predicted molar refractivity (Wildman–Crippen MR) is 60.4 cm³/mol. The molecule has 0 aliphatic rings. The van der Waals surface area contributed by atoms with Gasteiger partial charge in [0.05, 0.1) is 5.69 Å². The van der Waals surface area contributed by atoms with Crippen LogP contribution in [0.25, 0.3) is 11.3 Å². The first-order chi connectivity index (χ1) is 7.70. The van der Waals surface area contributed by atoms with Gasteiger partial charge in [0.2, 0.25) is 0 Å². The largest absolute Gasteiger partial charge is 0.383 e. The monoisotopic (exact) mass is 214 g/mol. The smallest absolute Gasteiger partial charge is 0.254 e. The molecule has 0 saturated heterocycles. The van der Waals surface area contributed by atoms with E-state index >= 15 is 0 Å². The minimum atomic E-state index is -0.628. The first-order valence-corrected chi connectivity index (χ1v) is 4.66. The number of carbonyl (C=O) groups excluding carboxylic acids is 1. The van der Waals surface area contributed by atoms with E-state index < -0.39 is 5.91 Å². The predicted octanol–water partition coefficient (Wildman–Crippen LogP) is 0.825. The number of anilines is 1. The van der Waals surface area contributed by atoms with Crippen molar-refractivity contribution in [3.63, 3.8) is 0 Å². The number of nitrogens with two attached hydrogens (primary N) is 2. The minimum absolute atomic E-state index is 0.0985. The molecule has 0 atom stereocenters. The van der Waals surface area contributed by atoms with Crippen LogP contribution < -0.4 is 11.5 Å². The third-order valence-corrected chi connectivity index (χ3v) is 2.17. The summed E-state index contributed by atoms with van der Waals surface area (Å²) in [5.74, 6) is -0.529. The number of amides is 1. The molecule has 0 unspecified atom stereocenters. The van der Waals surface area contributed by atoms with E-state index in [1.165, 1.54) is 6.33 Å². The second kappa shape index (κ2) is 3.98. The van der Waals surface area contributed by atoms with Gasteiger partial charge in [0, 0.05) is 5.56 Å². The highest BCUT2D eigenvalue weighted by atomic mass is 16.1. The average molecular weight is 214 g/mol. The molecule has 0 saturated carbocycles. The van der Waals surface area contributed by atoms with Crippen molar-refractivity contribution in [1.82, 2.24) is 9.97 Å². The molecular formula is C11H10N4O. The van der Waals surface area contributed by atoms with Gasteiger partial charge >= 0.3 is 0 Å². The molecular weight excluding hydrogens is 204 g/mol. The summed E-state index contributed by atoms with van der Waals surface area (Å²) in [7, 11) is 0. The van der Waals surface area contributed by atoms with Crippen molar-refractivity contribution in [2.45, 2.75) is 0 Å². The number of benzene rings is 1. The van der Waals surface area contributed by atoms with Gasteiger partial charge in [-0.3, -0.25) is 4.79 Å². The van der Waals surface area contributed by atoms with Crippen LogP contribution in [0.2, 0.25) is 0 Å². The van der Waals surface area contributed by atoms with Crippen molar-refractivity contribution in [2.24, 2.45) is 5.73 Å². The van der Waals surface area contributed by atoms with Crippen LogP contribution in [0.15, 0.2) is 36.7 Å². The van der Waals surface area contributed by atoms with Gasteiger partial charge in [-0.15, -0.1) is 0 Å². The second-order valence-corrected chi connectivity index (χ2v) is 3.21. The Balaban J connectivity index is 2.66. The van der Waals surface area contributed by atoms with Crippen molar-refractivity contribution in [3.8, 4) is 11.3 Å². The molecule has 0 aliphatic heterocycles. The van der Waals surface area contributed by atoms with E-state index in [1.807, 2.05) is 30.3 Å². The van der Waals surface area contributed by atoms with E-state index in [4.69, 9.17) is 11.5 Å². The van der Waals surface area contributed by atoms with E-state index in [0.717, 1.165) is 5.56 Å². The maximum absolute atomic E-state index is 11.3. The molecule has 0 bridgehead atoms. The molecule has 2 aromatic rings. The Bertz CT molecular complexity index is 525. The summed E-state index contributed by atoms with van der Waals surface area (Å²) in [6, 6.07) is 9.22. The van der Waals surface area contributed by atoms with E-state index in [-0.39, 0.29) is 11.4 Å². The third kappa shape index (κ3) is 1.70. The molecule has 5 heteroatoms. The van der Waals surface area contributed by atoms with Gasteiger partial charge in [0.15, 0.2) is 0 Å². The van der Waals surface area contributed by atoms with E-state index in [2.05, 4.69) is 9.97 Å². The highest BCUT2D eigenvalue weighted by molar-refractivity contribution is 6.02. The minimum Gasteiger partial charge on any atom is -0.383 e. The Morgan fingerprint density at radius 1 is 1.12 bits per heavy atom. The van der Waals surface area contributed by atoms with Crippen molar-refractivity contribution >= 4 is 11.7 Å². The average Bonchev–Trinajstić information content (AvgIpc) is 2.29. The lowest BCUT2D eigenvalue weighted by Crippen LogP contribution is -2.16. The topological polar surface area (TPSA) is 94.9 Å². The van der Waals surface area contributed by atoms with Crippen LogP contribution in [0.3, 0.4) is 0 Å². The zero-order valence-electron chi connectivity index (χ0n) is 8.42. The maximum atomic E-state index is 11.3. The quantitative estimate of drug-likeness (QED) is 0.773. The van der Waals surface area contributed by atoms with Crippen molar-refractivity contribution < 1.29 is 4.79 Å². The molecule has 0 spiro atoms. The summed E-state index contributed by atoms with van der Waals surface area (Å²) < 4.78 is 0. The molecule has 0 radical (unpaired) electrons. The summed E-state index contributed by atoms with van der Waals surface area (Å²) in [5, 5.41) is 0. The van der Waals surface area contributed by atoms with E-state index in [9.17, 15) is 4.79 Å². The van der Waals surface area contributed by atoms with Crippen LogP contribution in [0.4, 0.5) is 5.82 Å². The molecule has 1 aromatic carbocycles. The number of aromatic nitrogens is 2. The summed E-state index contributed by atoms with van der Waals surface area (Å²) >= 11 is 0. The van der Waals surface area contributed by atoms with Crippen LogP contribution in [-0.4, -0.2) is 15.9 Å². The normalized spacial score (nSPS) is 10.0. The standard InChI is InChI=1S/C11H10N4O/c12-10-8(11(13)16)9(14-6-15-10)7-4-2-1-3-5-7/h1-6H,(H2,13,16)(H2,12,14,15). The lowest BCUT2D eigenvalue weighted by molar-refractivity contribution is 0.100. The van der Waals surface area contributed by atoms with Gasteiger partial charge in [0.25, 0.3) is 5.91 Å². The number of carbonyl (C=O) groups is 1. The summed E-state index contributed by atoms with van der Waals surface area (Å²) in [6.07, 6.45) is 1.31. The number of hydrogen-bond acceptors (Lipinski definition) is 4. The number of hydrogen-bond donors (Lipinski definition) is 2. The zero-order chi connectivity index (χ0) is 11.5. The van der Waals surface area contributed by atoms with Crippen LogP contribution in [0.1, 0.15) is 10.4 Å². The molecule has 0 aliphatic carbocycles. The van der Waals surface area contributed by atoms with Gasteiger partial charge in [-0.05, 0) is 0 Å². The van der Waals surface area contributed by atoms with Crippen molar-refractivity contribution in [2.75, 3.05) is 5.73 Å². The van der Waals surface area contributed by atoms with Crippen LogP contribution in [-0.2, 0) is 0 Å². The van der Waals surface area contributed by atoms with Gasteiger partial charge in [0.1, 0.15) is 17.7 Å². The summed E-state index contributed by atoms with van der Waals surface area (Å²) in [5.41, 5.74) is 12.3. The first kappa shape index (κ1) is 10.1. The highest BCUT2D eigenvalue weighted by Gasteiger charge is 2.15. The highest BCUT2D eigenvalue weighted by Crippen LogP contribution is 2.23. The van der Waals surface area contributed by atoms with E-state index in [1.54, 1.807) is 0 Å². The molecule has 80 valence electrons. The van der Waals surface area contributed by atoms with Crippen LogP contribution in [0.5, 0.6) is 0 Å². The lowest BCUT2D eigenvalue weighted by atomic mass is 10.1. The van der Waals surface area contributed by atoms with Crippen molar-refractivity contribution in [1.29, 1.82) is 0 Å². The number of rotatable bonds is 2. The Kier molecular flexibility index (Phi) is 2.51. The number of nitrogen functional groups attached to an aromatic ring is 1. The molecule has 1 aromatic heterocycles. The number of nitrogens with zero attached hydrogens (tertiary/aromatic N) is 2. The van der Waals surface area contributed by atoms with Gasteiger partial charge in [-0.1, -0.05) is 30.3 Å². The Hall–Kier alpha value is -2.43. The molecule has 1 amide bonds. The summed E-state index contributed by atoms with van der Waals surface area (Å²) in [6.45, 7) is 0. The van der Waals surface area contributed by atoms with Crippen LogP contribution >= 0.6 is 0 Å². The van der Waals surface area contributed by atoms with Gasteiger partial charge < -0.3 is 11.5 Å². The molecule has 0 fully saturated rings. The zero-order valence-corrected chi connectivity index (χ0v) is 8.42. The van der Waals surface area contributed by atoms with Gasteiger partial charge in [-0.25, -0.2) is 9.97 Å². The molecule has 5 nitrogen and oxygen atoms in total. The Labute approximate surface area is 92.1 Å². The first-order valence-electron chi connectivity index (χ1n) is 4.66. The lowest BCUT2D eigenvalue weighted by Gasteiger charge is -2.06. The third-order valence-electron chi connectivity index (χ3n) is 2.17. The molecule has 1 heterocycles. The van der Waals surface area contributed by atoms with Crippen molar-refractivity contribution in [3.05, 3.63) is 42.2 Å². The fourth-order valence-corrected chi connectivity index (χ4v) is 1.46. The summed E-state index contributed by atoms with van der Waals surface area (Å²) in [4.78, 5) is 19.1. The Morgan fingerprint density at radius 3 is 2.44 bits per heavy atom. The molecule has 16 heavy (non-hydrogen) atoms. The number of primary amides is 1. The Morgan fingerprint density at radius 2 is 1.81 bits per heavy atom. The fraction of sp³-hybridized carbons (Fsp3) is 0. The maximum Gasteiger partial charge on any atom is 0.254 e. The fourth-order valence-electron chi connectivity index (χ4n) is 1.46. The SMILES string of the molecule is NC(=O)c1c(N)ncnc1-c1ccccc1. The van der Waals surface area contributed by atoms with Gasteiger partial charge in [-0.2, -0.15) is 0 Å². The van der Waals surface area contributed by atoms with E-state index in [0.29, 0.717) is 5.69 Å².